The molecule has 0 saturated heterocycles. The van der Waals surface area contributed by atoms with Gasteiger partial charge >= 0.3 is 0 Å². The number of sulfonamides is 1. The molecule has 0 amide bonds. The predicted octanol–water partition coefficient (Wildman–Crippen LogP) is 2.54. The number of aryl methyl sites for hydroxylation is 1. The van der Waals surface area contributed by atoms with Crippen LogP contribution in [-0.4, -0.2) is 18.6 Å². The van der Waals surface area contributed by atoms with Crippen LogP contribution in [0.3, 0.4) is 0 Å². The Morgan fingerprint density at radius 3 is 2.89 bits per heavy atom. The summed E-state index contributed by atoms with van der Waals surface area (Å²) in [6, 6.07) is 6.53. The van der Waals surface area contributed by atoms with Gasteiger partial charge in [0.2, 0.25) is 0 Å². The zero-order valence-electron chi connectivity index (χ0n) is 9.64. The van der Waals surface area contributed by atoms with Gasteiger partial charge in [-0.15, -0.1) is 0 Å². The van der Waals surface area contributed by atoms with Crippen LogP contribution in [0.25, 0.3) is 0 Å². The van der Waals surface area contributed by atoms with Gasteiger partial charge in [-0.1, -0.05) is 28.9 Å². The molecule has 96 valence electrons. The maximum Gasteiger partial charge on any atom is 0.263 e. The average molecular weight is 330 g/mol. The van der Waals surface area contributed by atoms with E-state index in [9.17, 15) is 8.42 Å². The molecular weight excluding hydrogens is 318 g/mol. The Morgan fingerprint density at radius 2 is 2.22 bits per heavy atom. The van der Waals surface area contributed by atoms with Crippen molar-refractivity contribution in [2.75, 3.05) is 4.72 Å². The fraction of sp³-hybridized carbons (Fsp3) is 0.182. The monoisotopic (exact) mass is 329 g/mol. The van der Waals surface area contributed by atoms with Crippen LogP contribution in [-0.2, 0) is 16.4 Å². The third-order valence-electron chi connectivity index (χ3n) is 2.44. The van der Waals surface area contributed by atoms with Crippen molar-refractivity contribution in [2.24, 2.45) is 0 Å². The van der Waals surface area contributed by atoms with E-state index < -0.39 is 10.0 Å². The second kappa shape index (κ2) is 5.11. The number of aromatic nitrogens is 2. The zero-order valence-corrected chi connectivity index (χ0v) is 12.0. The highest BCUT2D eigenvalue weighted by atomic mass is 79.9. The maximum atomic E-state index is 12.1. The largest absolute Gasteiger partial charge is 0.264 e. The number of aromatic amines is 1. The fourth-order valence-electron chi connectivity index (χ4n) is 1.49. The van der Waals surface area contributed by atoms with Crippen molar-refractivity contribution in [2.45, 2.75) is 18.2 Å². The molecule has 2 aromatic rings. The average Bonchev–Trinajstić information content (AvgIpc) is 2.75. The van der Waals surface area contributed by atoms with Crippen molar-refractivity contribution in [3.05, 3.63) is 40.5 Å². The summed E-state index contributed by atoms with van der Waals surface area (Å²) < 4.78 is 27.5. The predicted molar refractivity (Wildman–Crippen MR) is 72.9 cm³/mol. The molecule has 0 aliphatic heterocycles. The van der Waals surface area contributed by atoms with Gasteiger partial charge in [0.15, 0.2) is 0 Å². The summed E-state index contributed by atoms with van der Waals surface area (Å²) in [6.45, 7) is 1.93. The van der Waals surface area contributed by atoms with Gasteiger partial charge < -0.3 is 0 Å². The standard InChI is InChI=1S/C11H12BrN3O2S/c1-2-8-7-13-14-11(8)15-18(16,17)10-5-3-4-9(12)6-10/h3-7H,2H2,1H3,(H2,13,14,15). The van der Waals surface area contributed by atoms with Crippen molar-refractivity contribution in [1.29, 1.82) is 0 Å². The fourth-order valence-corrected chi connectivity index (χ4v) is 3.15. The Bertz CT molecular complexity index is 652. The number of nitrogens with zero attached hydrogens (tertiary/aromatic N) is 1. The summed E-state index contributed by atoms with van der Waals surface area (Å²) >= 11 is 3.25. The lowest BCUT2D eigenvalue weighted by Crippen LogP contribution is -2.14. The Morgan fingerprint density at radius 1 is 1.44 bits per heavy atom. The number of benzene rings is 1. The van der Waals surface area contributed by atoms with E-state index >= 15 is 0 Å². The minimum absolute atomic E-state index is 0.202. The van der Waals surface area contributed by atoms with Gasteiger partial charge in [0, 0.05) is 10.0 Å². The van der Waals surface area contributed by atoms with Gasteiger partial charge in [-0.25, -0.2) is 8.42 Å². The van der Waals surface area contributed by atoms with E-state index in [-0.39, 0.29) is 4.90 Å². The first-order valence-corrected chi connectivity index (χ1v) is 7.61. The van der Waals surface area contributed by atoms with Gasteiger partial charge in [-0.3, -0.25) is 9.82 Å². The van der Waals surface area contributed by atoms with Crippen molar-refractivity contribution in [3.63, 3.8) is 0 Å². The quantitative estimate of drug-likeness (QED) is 0.905. The second-order valence-electron chi connectivity index (χ2n) is 3.69. The molecular formula is C11H12BrN3O2S. The van der Waals surface area contributed by atoms with Crippen LogP contribution in [0, 0.1) is 0 Å². The van der Waals surface area contributed by atoms with Crippen LogP contribution in [0.1, 0.15) is 12.5 Å². The summed E-state index contributed by atoms with van der Waals surface area (Å²) in [6.07, 6.45) is 2.31. The number of H-pyrrole nitrogens is 1. The van der Waals surface area contributed by atoms with E-state index in [1.807, 2.05) is 6.92 Å². The van der Waals surface area contributed by atoms with Crippen molar-refractivity contribution >= 4 is 31.8 Å². The molecule has 0 spiro atoms. The molecule has 0 fully saturated rings. The SMILES string of the molecule is CCc1cn[nH]c1NS(=O)(=O)c1cccc(Br)c1. The number of halogens is 1. The minimum Gasteiger partial charge on any atom is -0.264 e. The lowest BCUT2D eigenvalue weighted by molar-refractivity contribution is 0.601. The van der Waals surface area contributed by atoms with Gasteiger partial charge in [0.1, 0.15) is 5.82 Å². The molecule has 7 heteroatoms. The summed E-state index contributed by atoms with van der Waals surface area (Å²) in [5.74, 6) is 0.414. The molecule has 1 heterocycles. The number of hydrogen-bond acceptors (Lipinski definition) is 3. The highest BCUT2D eigenvalue weighted by Crippen LogP contribution is 2.20. The Hall–Kier alpha value is -1.34. The molecule has 0 unspecified atom stereocenters. The van der Waals surface area contributed by atoms with Crippen molar-refractivity contribution < 1.29 is 8.42 Å². The first-order valence-electron chi connectivity index (χ1n) is 5.33. The third-order valence-corrected chi connectivity index (χ3v) is 4.28. The first kappa shape index (κ1) is 13.1. The molecule has 0 bridgehead atoms. The van der Waals surface area contributed by atoms with Gasteiger partial charge in [0.25, 0.3) is 10.0 Å². The van der Waals surface area contributed by atoms with Crippen molar-refractivity contribution in [1.82, 2.24) is 10.2 Å². The van der Waals surface area contributed by atoms with E-state index in [2.05, 4.69) is 30.8 Å². The lowest BCUT2D eigenvalue weighted by Gasteiger charge is -2.07. The first-order chi connectivity index (χ1) is 8.53. The summed E-state index contributed by atoms with van der Waals surface area (Å²) in [4.78, 5) is 0.202. The Labute approximate surface area is 114 Å². The van der Waals surface area contributed by atoms with Crippen LogP contribution in [0.2, 0.25) is 0 Å². The van der Waals surface area contributed by atoms with Gasteiger partial charge in [-0.2, -0.15) is 5.10 Å². The Kier molecular flexibility index (Phi) is 3.72. The second-order valence-corrected chi connectivity index (χ2v) is 6.28. The molecule has 1 aromatic carbocycles. The maximum absolute atomic E-state index is 12.1. The molecule has 2 N–H and O–H groups in total. The van der Waals surface area contributed by atoms with Crippen LogP contribution in [0.5, 0.6) is 0 Å². The minimum atomic E-state index is -3.59. The van der Waals surface area contributed by atoms with Crippen molar-refractivity contribution in [3.8, 4) is 0 Å². The van der Waals surface area contributed by atoms with E-state index in [0.717, 1.165) is 5.56 Å². The number of anilines is 1. The molecule has 0 aliphatic rings. The molecule has 1 aromatic heterocycles. The lowest BCUT2D eigenvalue weighted by atomic mass is 10.3. The highest BCUT2D eigenvalue weighted by molar-refractivity contribution is 9.10. The van der Waals surface area contributed by atoms with Crippen LogP contribution in [0.4, 0.5) is 5.82 Å². The van der Waals surface area contributed by atoms with E-state index in [4.69, 9.17) is 0 Å². The molecule has 0 aliphatic carbocycles. The van der Waals surface area contributed by atoms with Crippen LogP contribution in [0.15, 0.2) is 39.8 Å². The molecule has 18 heavy (non-hydrogen) atoms. The molecule has 2 rings (SSSR count). The summed E-state index contributed by atoms with van der Waals surface area (Å²) in [7, 11) is -3.59. The molecule has 0 saturated carbocycles. The van der Waals surface area contributed by atoms with E-state index in [0.29, 0.717) is 16.7 Å². The highest BCUT2D eigenvalue weighted by Gasteiger charge is 2.16. The normalized spacial score (nSPS) is 11.4. The smallest absolute Gasteiger partial charge is 0.263 e. The van der Waals surface area contributed by atoms with Crippen LogP contribution < -0.4 is 4.72 Å². The molecule has 0 atom stereocenters. The summed E-state index contributed by atoms with van der Waals surface area (Å²) in [5.41, 5.74) is 0.827. The van der Waals surface area contributed by atoms with E-state index in [1.54, 1.807) is 24.4 Å². The number of rotatable bonds is 4. The van der Waals surface area contributed by atoms with Crippen LogP contribution >= 0.6 is 15.9 Å². The number of hydrogen-bond donors (Lipinski definition) is 2. The topological polar surface area (TPSA) is 74.8 Å². The van der Waals surface area contributed by atoms with Gasteiger partial charge in [0.05, 0.1) is 11.1 Å². The van der Waals surface area contributed by atoms with Gasteiger partial charge in [-0.05, 0) is 24.6 Å². The third kappa shape index (κ3) is 2.73. The number of nitrogens with one attached hydrogen (secondary N) is 2. The van der Waals surface area contributed by atoms with E-state index in [1.165, 1.54) is 6.07 Å². The summed E-state index contributed by atoms with van der Waals surface area (Å²) in [5, 5.41) is 6.47. The molecule has 0 radical (unpaired) electrons. The zero-order chi connectivity index (χ0) is 13.2. The molecule has 5 nitrogen and oxygen atoms in total. The Balaban J connectivity index is 2.33.